The smallest absolute Gasteiger partial charge is 0.334 e. The first-order chi connectivity index (χ1) is 23.1. The number of cyclic esters (lactones) is 1. The van der Waals surface area contributed by atoms with E-state index >= 15 is 0 Å². The molecular weight excluding hydrogens is 600 g/mol. The monoisotopic (exact) mass is 652 g/mol. The predicted octanol–water partition coefficient (Wildman–Crippen LogP) is 8.63. The minimum Gasteiger partial charge on any atom is -0.461 e. The van der Waals surface area contributed by atoms with Crippen molar-refractivity contribution in [2.75, 3.05) is 13.2 Å². The van der Waals surface area contributed by atoms with Crippen LogP contribution in [0.25, 0.3) is 11.0 Å². The quantitative estimate of drug-likeness (QED) is 0.147. The van der Waals surface area contributed by atoms with Gasteiger partial charge in [0.1, 0.15) is 18.0 Å². The molecule has 6 heteroatoms. The molecule has 4 bridgehead atoms. The van der Waals surface area contributed by atoms with Crippen LogP contribution in [-0.4, -0.2) is 35.9 Å². The molecule has 0 spiro atoms. The van der Waals surface area contributed by atoms with Crippen molar-refractivity contribution in [3.8, 4) is 0 Å². The summed E-state index contributed by atoms with van der Waals surface area (Å²) < 4.78 is 18.0. The number of carbonyl (C=O) groups is 2. The number of carbonyl (C=O) groups excluding carboxylic acids is 2. The number of aryl methyl sites for hydroxylation is 3. The Kier molecular flexibility index (Phi) is 9.08. The van der Waals surface area contributed by atoms with Crippen LogP contribution in [0.1, 0.15) is 101 Å². The van der Waals surface area contributed by atoms with E-state index in [-0.39, 0.29) is 31.6 Å². The third-order valence-corrected chi connectivity index (χ3v) is 12.5. The normalized spacial score (nSPS) is 28.8. The highest BCUT2D eigenvalue weighted by molar-refractivity contribution is 5.91. The lowest BCUT2D eigenvalue weighted by Crippen LogP contribution is -2.45. The highest BCUT2D eigenvalue weighted by atomic mass is 16.6. The average molecular weight is 653 g/mol. The molecule has 48 heavy (non-hydrogen) atoms. The Morgan fingerprint density at radius 3 is 2.25 bits per heavy atom. The van der Waals surface area contributed by atoms with E-state index in [0.29, 0.717) is 30.3 Å². The number of aliphatic hydroxyl groups excluding tert-OH is 1. The Hall–Kier alpha value is -3.38. The topological polar surface area (TPSA) is 86.0 Å². The maximum atomic E-state index is 13.8. The fraction of sp³-hybridized carbons (Fsp3) is 0.571. The number of aliphatic hydroxyl groups is 1. The summed E-state index contributed by atoms with van der Waals surface area (Å²) in [6.45, 7) is 5.56. The lowest BCUT2D eigenvalue weighted by atomic mass is 9.49. The Labute approximate surface area is 285 Å². The van der Waals surface area contributed by atoms with E-state index in [1.807, 2.05) is 26.0 Å². The number of allylic oxidation sites excluding steroid dienone is 1. The molecule has 4 aliphatic carbocycles. The average Bonchev–Trinajstić information content (AvgIpc) is 3.63. The fourth-order valence-electron chi connectivity index (χ4n) is 9.95. The van der Waals surface area contributed by atoms with Crippen LogP contribution in [0, 0.1) is 35.5 Å². The van der Waals surface area contributed by atoms with Crippen molar-refractivity contribution >= 4 is 22.9 Å². The molecule has 2 aromatic carbocycles. The summed E-state index contributed by atoms with van der Waals surface area (Å²) in [4.78, 5) is 26.8. The fourth-order valence-corrected chi connectivity index (χ4v) is 9.95. The zero-order valence-corrected chi connectivity index (χ0v) is 29.0. The van der Waals surface area contributed by atoms with Gasteiger partial charge >= 0.3 is 11.9 Å². The Morgan fingerprint density at radius 2 is 1.60 bits per heavy atom. The van der Waals surface area contributed by atoms with E-state index in [2.05, 4.69) is 49.4 Å². The van der Waals surface area contributed by atoms with Gasteiger partial charge in [-0.1, -0.05) is 55.8 Å². The largest absolute Gasteiger partial charge is 0.461 e. The number of esters is 2. The Balaban J connectivity index is 0.986. The summed E-state index contributed by atoms with van der Waals surface area (Å²) >= 11 is 0. The molecule has 1 aromatic heterocycles. The number of hydrogen-bond acceptors (Lipinski definition) is 6. The molecule has 3 aromatic rings. The van der Waals surface area contributed by atoms with Crippen LogP contribution in [0.3, 0.4) is 0 Å². The van der Waals surface area contributed by atoms with Gasteiger partial charge in [0.2, 0.25) is 0 Å². The number of hydrogen-bond donors (Lipinski definition) is 1. The molecular formula is C42H52O6. The number of benzene rings is 2. The summed E-state index contributed by atoms with van der Waals surface area (Å²) in [5.74, 6) is 2.57. The van der Waals surface area contributed by atoms with Crippen LogP contribution in [-0.2, 0) is 38.3 Å². The number of rotatable bonds is 13. The van der Waals surface area contributed by atoms with Crippen LogP contribution in [0.15, 0.2) is 64.6 Å². The van der Waals surface area contributed by atoms with Crippen LogP contribution >= 0.6 is 0 Å². The van der Waals surface area contributed by atoms with Crippen LogP contribution in [0.4, 0.5) is 0 Å². The predicted molar refractivity (Wildman–Crippen MR) is 186 cm³/mol. The van der Waals surface area contributed by atoms with Gasteiger partial charge in [0.25, 0.3) is 0 Å². The Bertz CT molecular complexity index is 1640. The minimum absolute atomic E-state index is 0.158. The summed E-state index contributed by atoms with van der Waals surface area (Å²) in [6, 6.07) is 17.1. The molecule has 8 rings (SSSR count). The SMILES string of the molecule is CCC(CC)(Cc1cc2cc(CCc3ccc(C)cc3)ccc2o1)C(=O)OC[C@]1(CO)C/C(=C\CC23CC4CC(CC(C4)C2)C3)C(=O)O1. The molecule has 4 saturated carbocycles. The zero-order valence-electron chi connectivity index (χ0n) is 29.0. The van der Waals surface area contributed by atoms with Crippen molar-refractivity contribution in [3.63, 3.8) is 0 Å². The van der Waals surface area contributed by atoms with Crippen LogP contribution in [0.5, 0.6) is 0 Å². The Morgan fingerprint density at radius 1 is 0.958 bits per heavy atom. The standard InChI is InChI=1S/C42H52O6/c1-4-41(5-2,25-36-20-35-19-30(12-13-37(35)47-36)11-10-29-8-6-28(3)7-9-29)39(45)46-27-42(26-43)24-34(38(44)48-42)14-15-40-21-31-16-32(22-40)18-33(17-31)23-40/h6-9,12-14,19-20,31-33,43H,4-5,10-11,15-18,21-27H2,1-3H3/b34-14+/t31?,32?,33?,40?,42-/m1/s1. The summed E-state index contributed by atoms with van der Waals surface area (Å²) in [6.07, 6.45) is 14.7. The van der Waals surface area contributed by atoms with Gasteiger partial charge in [0, 0.05) is 23.8 Å². The summed E-state index contributed by atoms with van der Waals surface area (Å²) in [7, 11) is 0. The van der Waals surface area contributed by atoms with Crippen molar-refractivity contribution < 1.29 is 28.6 Å². The van der Waals surface area contributed by atoms with Gasteiger partial charge < -0.3 is 19.0 Å². The van der Waals surface area contributed by atoms with Crippen molar-refractivity contribution in [3.05, 3.63) is 82.6 Å². The van der Waals surface area contributed by atoms with Gasteiger partial charge in [-0.3, -0.25) is 4.79 Å². The minimum atomic E-state index is -1.23. The molecule has 2 heterocycles. The second-order valence-corrected chi connectivity index (χ2v) is 16.1. The molecule has 0 unspecified atom stereocenters. The molecule has 1 N–H and O–H groups in total. The maximum absolute atomic E-state index is 13.8. The summed E-state index contributed by atoms with van der Waals surface area (Å²) in [5, 5.41) is 11.5. The van der Waals surface area contributed by atoms with Gasteiger partial charge in [0.15, 0.2) is 5.60 Å². The van der Waals surface area contributed by atoms with Crippen LogP contribution < -0.4 is 0 Å². The van der Waals surface area contributed by atoms with Gasteiger partial charge in [-0.15, -0.1) is 0 Å². The molecule has 6 nitrogen and oxygen atoms in total. The van der Waals surface area contributed by atoms with E-state index < -0.39 is 11.0 Å². The number of furan rings is 1. The highest BCUT2D eigenvalue weighted by Crippen LogP contribution is 2.61. The maximum Gasteiger partial charge on any atom is 0.334 e. The van der Waals surface area contributed by atoms with E-state index in [1.54, 1.807) is 0 Å². The van der Waals surface area contributed by atoms with E-state index in [1.165, 1.54) is 55.2 Å². The highest BCUT2D eigenvalue weighted by Gasteiger charge is 2.51. The molecule has 1 saturated heterocycles. The second kappa shape index (κ2) is 13.2. The number of fused-ring (bicyclic) bond motifs is 1. The first-order valence-corrected chi connectivity index (χ1v) is 18.4. The molecule has 256 valence electrons. The first-order valence-electron chi connectivity index (χ1n) is 18.4. The van der Waals surface area contributed by atoms with Gasteiger partial charge in [0.05, 0.1) is 12.0 Å². The van der Waals surface area contributed by atoms with Gasteiger partial charge in [-0.05, 0) is 130 Å². The molecule has 0 amide bonds. The van der Waals surface area contributed by atoms with Gasteiger partial charge in [-0.2, -0.15) is 0 Å². The van der Waals surface area contributed by atoms with Crippen LogP contribution in [0.2, 0.25) is 0 Å². The lowest BCUT2D eigenvalue weighted by Gasteiger charge is -2.56. The number of ether oxygens (including phenoxy) is 2. The van der Waals surface area contributed by atoms with E-state index in [0.717, 1.165) is 53.7 Å². The zero-order chi connectivity index (χ0) is 33.5. The summed E-state index contributed by atoms with van der Waals surface area (Å²) in [5.41, 5.74) is 3.56. The molecule has 1 atom stereocenters. The van der Waals surface area contributed by atoms with Crippen molar-refractivity contribution in [2.24, 2.45) is 28.6 Å². The lowest BCUT2D eigenvalue weighted by molar-refractivity contribution is -0.173. The van der Waals surface area contributed by atoms with E-state index in [9.17, 15) is 14.7 Å². The molecule has 0 radical (unpaired) electrons. The molecule has 5 aliphatic rings. The third-order valence-electron chi connectivity index (χ3n) is 12.5. The van der Waals surface area contributed by atoms with Crippen molar-refractivity contribution in [1.82, 2.24) is 0 Å². The third kappa shape index (κ3) is 6.62. The van der Waals surface area contributed by atoms with Gasteiger partial charge in [-0.25, -0.2) is 4.79 Å². The second-order valence-electron chi connectivity index (χ2n) is 16.1. The first kappa shape index (κ1) is 33.1. The van der Waals surface area contributed by atoms with Crippen molar-refractivity contribution in [1.29, 1.82) is 0 Å². The molecule has 5 fully saturated rings. The van der Waals surface area contributed by atoms with E-state index in [4.69, 9.17) is 13.9 Å². The van der Waals surface area contributed by atoms with Crippen molar-refractivity contribution in [2.45, 2.75) is 110 Å². The molecule has 1 aliphatic heterocycles.